The molecule has 3 saturated heterocycles. The van der Waals surface area contributed by atoms with Gasteiger partial charge in [0.05, 0.1) is 19.3 Å². The molecule has 1 aromatic rings. The van der Waals surface area contributed by atoms with E-state index in [2.05, 4.69) is 36.2 Å². The van der Waals surface area contributed by atoms with Crippen LogP contribution in [0, 0.1) is 35.5 Å². The van der Waals surface area contributed by atoms with E-state index < -0.39 is 155 Å². The minimum atomic E-state index is -1.39. The summed E-state index contributed by atoms with van der Waals surface area (Å²) < 4.78 is 13.6. The smallest absolute Gasteiger partial charge is 0.270 e. The van der Waals surface area contributed by atoms with Gasteiger partial charge >= 0.3 is 0 Å². The number of aryl methyl sites for hydroxylation is 1. The molecule has 0 bridgehead atoms. The molecule has 100 heavy (non-hydrogen) atoms. The SMILES string of the molecule is CC[C@@H]1NC(=O)[C@@H]2[C@@H]([C@H](C)CCCCCn3cncn3)ON2C(=O)[C@H](C(C)C)N(C)C(=O)[C@H](CC(C)C)N(C)C(=O)[C@H](CC(C)C)N(C)C(=O)[C@@H](C)NC(=O)[C@H](C)NC(=O)[C@H](CC(C)C)N(C)C(=O)[C@H](C(C)C)NC(=O)[C@H]([C@@H](C)OCCCCN2CCOCC2)N(C)C(=O)[C@@H](C)N(C)C1=O. The van der Waals surface area contributed by atoms with Crippen LogP contribution in [0.1, 0.15) is 175 Å². The van der Waals surface area contributed by atoms with Gasteiger partial charge in [-0.3, -0.25) is 67.2 Å². The van der Waals surface area contributed by atoms with Gasteiger partial charge in [0.2, 0.25) is 59.1 Å². The lowest BCUT2D eigenvalue weighted by Crippen LogP contribution is -2.72. The number of morpholine rings is 1. The lowest BCUT2D eigenvalue weighted by molar-refractivity contribution is -0.322. The van der Waals surface area contributed by atoms with Gasteiger partial charge in [-0.25, -0.2) is 10.0 Å². The van der Waals surface area contributed by atoms with Gasteiger partial charge in [0, 0.05) is 68.5 Å². The highest BCUT2D eigenvalue weighted by Crippen LogP contribution is 2.34. The summed E-state index contributed by atoms with van der Waals surface area (Å²) in [4.78, 5) is 184. The van der Waals surface area contributed by atoms with E-state index in [0.29, 0.717) is 32.6 Å². The van der Waals surface area contributed by atoms with Crippen LogP contribution in [-0.2, 0) is 73.6 Å². The van der Waals surface area contributed by atoms with Gasteiger partial charge in [0.1, 0.15) is 79.2 Å². The maximum Gasteiger partial charge on any atom is 0.270 e. The molecule has 0 unspecified atom stereocenters. The second-order valence-electron chi connectivity index (χ2n) is 30.0. The lowest BCUT2D eigenvalue weighted by Gasteiger charge is -2.50. The largest absolute Gasteiger partial charge is 0.379 e. The van der Waals surface area contributed by atoms with Gasteiger partial charge in [-0.05, 0) is 121 Å². The van der Waals surface area contributed by atoms with Gasteiger partial charge in [-0.1, -0.05) is 95.9 Å². The average Bonchev–Trinajstić information content (AvgIpc) is 0.837. The number of amides is 11. The van der Waals surface area contributed by atoms with Crippen molar-refractivity contribution in [2.24, 2.45) is 35.5 Å². The van der Waals surface area contributed by atoms with Crippen LogP contribution in [0.15, 0.2) is 12.7 Å². The highest BCUT2D eigenvalue weighted by molar-refractivity contribution is 6.00. The topological polar surface area (TPSA) is 320 Å². The zero-order chi connectivity index (χ0) is 75.3. The molecule has 0 aliphatic carbocycles. The summed E-state index contributed by atoms with van der Waals surface area (Å²) in [5, 5.41) is 16.4. The highest BCUT2D eigenvalue weighted by Gasteiger charge is 2.55. The molecule has 0 radical (unpaired) electrons. The number of aromatic nitrogens is 3. The van der Waals surface area contributed by atoms with Gasteiger partial charge < -0.3 is 60.1 Å². The number of ether oxygens (including phenoxy) is 2. The fraction of sp³-hybridized carbons (Fsp3) is 0.817. The summed E-state index contributed by atoms with van der Waals surface area (Å²) in [6, 6.07) is -13.6. The first kappa shape index (κ1) is 85.6. The van der Waals surface area contributed by atoms with Gasteiger partial charge in [-0.2, -0.15) is 5.10 Å². The van der Waals surface area contributed by atoms with Crippen molar-refractivity contribution in [1.29, 1.82) is 0 Å². The number of hydrogen-bond donors (Lipinski definition) is 4. The standard InChI is InChI=1S/C71H125N15O14/c1-23-52-67(93)78(17)50(15)66(92)83(22)58(51(16)99-34-28-27-30-84-32-35-98-36-33-84)63(89)77-56(45(8)9)70(96)79(18)53(37-42(2)3)62(88)74-48(13)61(87)75-49(14)65(91)80(19)54(38-43(4)5)68(94)81(20)55(39-44(6)7)69(95)82(21)57(46(10)11)71(97)86-59(64(90)76-52)60(100-86)47(12)29-25-24-26-31-85-41-72-40-73-85/h40-60H,23-39H2,1-22H3,(H,74,88)(H,75,87)(H,76,90)(H,77,89)/t47-,48+,49-,50-,51-,52+,53+,54+,55+,56+,57+,58+,59+,60-/m1/s1. The van der Waals surface area contributed by atoms with E-state index in [4.69, 9.17) is 14.3 Å². The van der Waals surface area contributed by atoms with E-state index in [9.17, 15) is 24.0 Å². The summed E-state index contributed by atoms with van der Waals surface area (Å²) >= 11 is 0. The summed E-state index contributed by atoms with van der Waals surface area (Å²) in [6.07, 6.45) is 6.12. The second-order valence-corrected chi connectivity index (χ2v) is 30.0. The van der Waals surface area contributed by atoms with Crippen molar-refractivity contribution in [3.63, 3.8) is 0 Å². The van der Waals surface area contributed by atoms with E-state index in [0.717, 1.165) is 50.4 Å². The van der Waals surface area contributed by atoms with Gasteiger partial charge in [0.25, 0.3) is 5.91 Å². The lowest BCUT2D eigenvalue weighted by atomic mass is 9.88. The number of carbonyl (C=O) groups is 11. The molecule has 4 N–H and O–H groups in total. The summed E-state index contributed by atoms with van der Waals surface area (Å²) in [5.74, 6) is -9.31. The first-order chi connectivity index (χ1) is 46.9. The Kier molecular flexibility index (Phi) is 34.3. The number of fused-ring (bicyclic) bond motifs is 1. The molecule has 3 aliphatic heterocycles. The number of nitrogens with zero attached hydrogens (tertiary/aromatic N) is 11. The molecule has 0 saturated carbocycles. The summed E-state index contributed by atoms with van der Waals surface area (Å²) in [6.45, 7) is 32.5. The number of hydrogen-bond acceptors (Lipinski definition) is 17. The molecule has 0 spiro atoms. The highest BCUT2D eigenvalue weighted by atomic mass is 16.7. The maximum absolute atomic E-state index is 15.4. The van der Waals surface area contributed by atoms with Crippen LogP contribution >= 0.6 is 0 Å². The Bertz CT molecular complexity index is 2850. The van der Waals surface area contributed by atoms with E-state index in [1.807, 2.05) is 48.5 Å². The van der Waals surface area contributed by atoms with Crippen molar-refractivity contribution in [3.05, 3.63) is 12.7 Å². The van der Waals surface area contributed by atoms with Crippen LogP contribution in [-0.4, -0.2) is 280 Å². The Balaban J connectivity index is 1.87. The Hall–Kier alpha value is -6.85. The van der Waals surface area contributed by atoms with Crippen LogP contribution in [0.5, 0.6) is 0 Å². The fourth-order valence-corrected chi connectivity index (χ4v) is 13.4. The van der Waals surface area contributed by atoms with Crippen LogP contribution < -0.4 is 21.3 Å². The first-order valence-corrected chi connectivity index (χ1v) is 36.4. The second kappa shape index (κ2) is 40.1. The third kappa shape index (κ3) is 23.3. The van der Waals surface area contributed by atoms with Crippen LogP contribution in [0.3, 0.4) is 0 Å². The summed E-state index contributed by atoms with van der Waals surface area (Å²) in [7, 11) is 8.68. The van der Waals surface area contributed by atoms with Crippen molar-refractivity contribution >= 4 is 65.0 Å². The molecule has 3 aliphatic rings. The van der Waals surface area contributed by atoms with Gasteiger partial charge in [0.15, 0.2) is 6.04 Å². The third-order valence-corrected chi connectivity index (χ3v) is 19.8. The number of unbranched alkanes of at least 4 members (excludes halogenated alkanes) is 3. The normalized spacial score (nSPS) is 27.6. The molecule has 29 nitrogen and oxygen atoms in total. The molecule has 4 rings (SSSR count). The quantitative estimate of drug-likeness (QED) is 0.114. The van der Waals surface area contributed by atoms with E-state index in [1.165, 1.54) is 98.8 Å². The van der Waals surface area contributed by atoms with Crippen molar-refractivity contribution < 1.29 is 67.1 Å². The Morgan fingerprint density at radius 3 is 1.61 bits per heavy atom. The number of carbonyl (C=O) groups excluding carboxylic acids is 11. The average molecular weight is 1410 g/mol. The van der Waals surface area contributed by atoms with E-state index >= 15 is 28.8 Å². The molecule has 0 aromatic carbocycles. The Labute approximate surface area is 595 Å². The van der Waals surface area contributed by atoms with Crippen molar-refractivity contribution in [1.82, 2.24) is 75.4 Å². The zero-order valence-electron chi connectivity index (χ0n) is 64.3. The molecule has 11 amide bonds. The summed E-state index contributed by atoms with van der Waals surface area (Å²) in [5.41, 5.74) is 0. The fourth-order valence-electron chi connectivity index (χ4n) is 13.4. The maximum atomic E-state index is 15.4. The van der Waals surface area contributed by atoms with Crippen LogP contribution in [0.4, 0.5) is 0 Å². The minimum absolute atomic E-state index is 0.0454. The molecule has 568 valence electrons. The van der Waals surface area contributed by atoms with Crippen LogP contribution in [0.25, 0.3) is 0 Å². The molecule has 14 atom stereocenters. The monoisotopic (exact) mass is 1410 g/mol. The number of nitrogens with one attached hydrogen (secondary N) is 4. The molecular formula is C71H125N15O14. The van der Waals surface area contributed by atoms with E-state index in [1.54, 1.807) is 52.6 Å². The first-order valence-electron chi connectivity index (χ1n) is 36.4. The van der Waals surface area contributed by atoms with Crippen molar-refractivity contribution in [2.75, 3.05) is 81.7 Å². The molecule has 4 heterocycles. The Morgan fingerprint density at radius 1 is 0.520 bits per heavy atom. The molecule has 1 aromatic heterocycles. The Morgan fingerprint density at radius 2 is 1.06 bits per heavy atom. The number of rotatable bonds is 23. The number of hydroxylamine groups is 2. The predicted octanol–water partition coefficient (Wildman–Crippen LogP) is 3.34. The van der Waals surface area contributed by atoms with Crippen molar-refractivity contribution in [3.8, 4) is 0 Å². The molecule has 3 fully saturated rings. The minimum Gasteiger partial charge on any atom is -0.379 e. The van der Waals surface area contributed by atoms with Crippen molar-refractivity contribution in [2.45, 2.75) is 260 Å². The molecule has 29 heteroatoms. The van der Waals surface area contributed by atoms with E-state index in [-0.39, 0.29) is 56.0 Å². The molecular weight excluding hydrogens is 1290 g/mol. The van der Waals surface area contributed by atoms with Crippen LogP contribution in [0.2, 0.25) is 0 Å². The zero-order valence-corrected chi connectivity index (χ0v) is 64.3. The van der Waals surface area contributed by atoms with Gasteiger partial charge in [-0.15, -0.1) is 0 Å². The number of likely N-dealkylation sites (N-methyl/N-ethyl adjacent to an activating group) is 6. The predicted molar refractivity (Wildman–Crippen MR) is 377 cm³/mol. The third-order valence-electron chi connectivity index (χ3n) is 19.8.